The zero-order valence-corrected chi connectivity index (χ0v) is 13.1. The maximum atomic E-state index is 12.1. The molecule has 0 saturated heterocycles. The van der Waals surface area contributed by atoms with E-state index in [-0.39, 0.29) is 18.6 Å². The molecular formula is C13H15BrN2O2S. The van der Waals surface area contributed by atoms with Crippen molar-refractivity contribution in [2.75, 3.05) is 5.73 Å². The number of esters is 1. The topological polar surface area (TPSA) is 57.2 Å². The van der Waals surface area contributed by atoms with Crippen LogP contribution in [-0.2, 0) is 11.3 Å². The highest BCUT2D eigenvalue weighted by Gasteiger charge is 2.16. The van der Waals surface area contributed by atoms with Gasteiger partial charge >= 0.3 is 5.97 Å². The number of anilines is 1. The van der Waals surface area contributed by atoms with Crippen molar-refractivity contribution in [3.8, 4) is 0 Å². The summed E-state index contributed by atoms with van der Waals surface area (Å²) >= 11 is 4.92. The van der Waals surface area contributed by atoms with Crippen LogP contribution in [0, 0.1) is 0 Å². The third kappa shape index (κ3) is 3.39. The number of thiophene rings is 1. The van der Waals surface area contributed by atoms with Crippen molar-refractivity contribution in [1.29, 1.82) is 0 Å². The molecule has 0 spiro atoms. The first-order chi connectivity index (χ1) is 8.97. The molecule has 0 bridgehead atoms. The summed E-state index contributed by atoms with van der Waals surface area (Å²) in [4.78, 5) is 13.1. The van der Waals surface area contributed by atoms with E-state index in [0.29, 0.717) is 11.4 Å². The van der Waals surface area contributed by atoms with Crippen molar-refractivity contribution >= 4 is 38.9 Å². The average Bonchev–Trinajstić information content (AvgIpc) is 2.92. The molecule has 2 heterocycles. The summed E-state index contributed by atoms with van der Waals surface area (Å²) in [7, 11) is 0. The van der Waals surface area contributed by atoms with Crippen LogP contribution in [0.5, 0.6) is 0 Å². The van der Waals surface area contributed by atoms with E-state index < -0.39 is 0 Å². The summed E-state index contributed by atoms with van der Waals surface area (Å²) in [6, 6.07) is 5.67. The summed E-state index contributed by atoms with van der Waals surface area (Å²) in [6.07, 6.45) is 1.75. The Hall–Kier alpha value is -1.27. The van der Waals surface area contributed by atoms with Gasteiger partial charge in [0.1, 0.15) is 12.3 Å². The van der Waals surface area contributed by atoms with Crippen LogP contribution in [0.2, 0.25) is 0 Å². The molecule has 2 rings (SSSR count). The number of halogens is 1. The van der Waals surface area contributed by atoms with Crippen molar-refractivity contribution < 1.29 is 9.53 Å². The minimum atomic E-state index is -0.352. The maximum absolute atomic E-state index is 12.1. The number of nitrogens with zero attached hydrogens (tertiary/aromatic N) is 1. The Morgan fingerprint density at radius 2 is 2.26 bits per heavy atom. The highest BCUT2D eigenvalue weighted by atomic mass is 79.9. The lowest BCUT2D eigenvalue weighted by molar-refractivity contribution is 0.0462. The maximum Gasteiger partial charge on any atom is 0.355 e. The zero-order valence-electron chi connectivity index (χ0n) is 10.7. The van der Waals surface area contributed by atoms with Crippen molar-refractivity contribution in [1.82, 2.24) is 4.57 Å². The summed E-state index contributed by atoms with van der Waals surface area (Å²) in [5, 5.41) is 0. The molecule has 0 aromatic carbocycles. The standard InChI is InChI=1S/C13H15BrN2O2S/c1-8(2)16-6-9(15)5-11(16)13(17)18-7-10-3-4-12(14)19-10/h3-6,8H,7,15H2,1-2H3. The molecule has 102 valence electrons. The lowest BCUT2D eigenvalue weighted by atomic mass is 10.3. The van der Waals surface area contributed by atoms with Gasteiger partial charge in [0.2, 0.25) is 0 Å². The van der Waals surface area contributed by atoms with Gasteiger partial charge in [-0.25, -0.2) is 4.79 Å². The number of carbonyl (C=O) groups excluding carboxylic acids is 1. The quantitative estimate of drug-likeness (QED) is 0.859. The molecule has 19 heavy (non-hydrogen) atoms. The summed E-state index contributed by atoms with van der Waals surface area (Å²) in [5.41, 5.74) is 6.79. The van der Waals surface area contributed by atoms with Crippen LogP contribution in [0.3, 0.4) is 0 Å². The first-order valence-electron chi connectivity index (χ1n) is 5.86. The average molecular weight is 343 g/mol. The molecule has 0 aliphatic carbocycles. The van der Waals surface area contributed by atoms with Crippen LogP contribution < -0.4 is 5.73 Å². The second-order valence-electron chi connectivity index (χ2n) is 4.44. The third-order valence-corrected chi connectivity index (χ3v) is 4.21. The number of carbonyl (C=O) groups is 1. The Labute approximate surface area is 124 Å². The number of nitrogen functional groups attached to an aromatic ring is 1. The van der Waals surface area contributed by atoms with Crippen LogP contribution in [0.1, 0.15) is 35.3 Å². The number of rotatable bonds is 4. The molecule has 0 saturated carbocycles. The second kappa shape index (κ2) is 5.79. The molecule has 2 aromatic rings. The molecule has 0 radical (unpaired) electrons. The molecule has 2 aromatic heterocycles. The largest absolute Gasteiger partial charge is 0.455 e. The smallest absolute Gasteiger partial charge is 0.355 e. The van der Waals surface area contributed by atoms with Crippen LogP contribution in [0.25, 0.3) is 0 Å². The van der Waals surface area contributed by atoms with Crippen LogP contribution >= 0.6 is 27.3 Å². The van der Waals surface area contributed by atoms with E-state index in [9.17, 15) is 4.79 Å². The second-order valence-corrected chi connectivity index (χ2v) is 6.99. The summed E-state index contributed by atoms with van der Waals surface area (Å²) < 4.78 is 8.15. The minimum Gasteiger partial charge on any atom is -0.455 e. The Bertz CT molecular complexity index is 589. The molecule has 0 unspecified atom stereocenters. The Balaban J connectivity index is 2.07. The van der Waals surface area contributed by atoms with Gasteiger partial charge in [-0.05, 0) is 48.0 Å². The van der Waals surface area contributed by atoms with Crippen molar-refractivity contribution in [2.45, 2.75) is 26.5 Å². The lowest BCUT2D eigenvalue weighted by Crippen LogP contribution is -2.12. The van der Waals surface area contributed by atoms with Crippen LogP contribution in [0.4, 0.5) is 5.69 Å². The van der Waals surface area contributed by atoms with E-state index in [4.69, 9.17) is 10.5 Å². The highest BCUT2D eigenvalue weighted by molar-refractivity contribution is 9.11. The van der Waals surface area contributed by atoms with Crippen LogP contribution in [0.15, 0.2) is 28.2 Å². The van der Waals surface area contributed by atoms with Gasteiger partial charge in [-0.2, -0.15) is 0 Å². The zero-order chi connectivity index (χ0) is 14.0. The van der Waals surface area contributed by atoms with Gasteiger partial charge in [0.05, 0.1) is 9.47 Å². The van der Waals surface area contributed by atoms with Crippen molar-refractivity contribution in [2.24, 2.45) is 0 Å². The van der Waals surface area contributed by atoms with Gasteiger partial charge in [0.25, 0.3) is 0 Å². The molecule has 0 atom stereocenters. The number of ether oxygens (including phenoxy) is 1. The molecule has 0 aliphatic rings. The number of hydrogen-bond acceptors (Lipinski definition) is 4. The van der Waals surface area contributed by atoms with Crippen molar-refractivity contribution in [3.05, 3.63) is 38.8 Å². The predicted molar refractivity (Wildman–Crippen MR) is 80.4 cm³/mol. The molecule has 4 nitrogen and oxygen atoms in total. The fourth-order valence-corrected chi connectivity index (χ4v) is 3.13. The molecule has 6 heteroatoms. The van der Waals surface area contributed by atoms with Gasteiger partial charge < -0.3 is 15.0 Å². The lowest BCUT2D eigenvalue weighted by Gasteiger charge is -2.11. The fraction of sp³-hybridized carbons (Fsp3) is 0.308. The first kappa shape index (κ1) is 14.1. The number of nitrogens with two attached hydrogens (primary N) is 1. The molecule has 0 aliphatic heterocycles. The number of hydrogen-bond donors (Lipinski definition) is 1. The predicted octanol–water partition coefficient (Wildman–Crippen LogP) is 3.83. The Morgan fingerprint density at radius 3 is 2.84 bits per heavy atom. The van der Waals surface area contributed by atoms with Gasteiger partial charge in [0.15, 0.2) is 0 Å². The van der Waals surface area contributed by atoms with E-state index >= 15 is 0 Å². The first-order valence-corrected chi connectivity index (χ1v) is 7.47. The minimum absolute atomic E-state index is 0.163. The fourth-order valence-electron chi connectivity index (χ4n) is 1.73. The SMILES string of the molecule is CC(C)n1cc(N)cc1C(=O)OCc1ccc(Br)s1. The third-order valence-electron chi connectivity index (χ3n) is 2.61. The highest BCUT2D eigenvalue weighted by Crippen LogP contribution is 2.23. The van der Waals surface area contributed by atoms with E-state index in [1.54, 1.807) is 23.6 Å². The number of aromatic nitrogens is 1. The van der Waals surface area contributed by atoms with E-state index in [0.717, 1.165) is 8.66 Å². The van der Waals surface area contributed by atoms with Gasteiger partial charge in [-0.15, -0.1) is 11.3 Å². The summed E-state index contributed by atoms with van der Waals surface area (Å²) in [6.45, 7) is 4.26. The monoisotopic (exact) mass is 342 g/mol. The normalized spacial score (nSPS) is 10.9. The molecule has 0 amide bonds. The Morgan fingerprint density at radius 1 is 1.53 bits per heavy atom. The molecule has 2 N–H and O–H groups in total. The summed E-state index contributed by atoms with van der Waals surface area (Å²) in [5.74, 6) is -0.352. The van der Waals surface area contributed by atoms with Gasteiger partial charge in [0, 0.05) is 17.1 Å². The van der Waals surface area contributed by atoms with E-state index in [1.165, 1.54) is 0 Å². The van der Waals surface area contributed by atoms with Crippen LogP contribution in [-0.4, -0.2) is 10.5 Å². The van der Waals surface area contributed by atoms with E-state index in [2.05, 4.69) is 15.9 Å². The molecular weight excluding hydrogens is 328 g/mol. The van der Waals surface area contributed by atoms with Gasteiger partial charge in [-0.1, -0.05) is 0 Å². The molecule has 0 fully saturated rings. The van der Waals surface area contributed by atoms with E-state index in [1.807, 2.05) is 30.5 Å². The Kier molecular flexibility index (Phi) is 4.31. The van der Waals surface area contributed by atoms with Gasteiger partial charge in [-0.3, -0.25) is 0 Å². The van der Waals surface area contributed by atoms with Crippen molar-refractivity contribution in [3.63, 3.8) is 0 Å².